The maximum Gasteiger partial charge on any atom is 0.325 e. The van der Waals surface area contributed by atoms with Crippen molar-refractivity contribution in [3.63, 3.8) is 0 Å². The number of nitriles is 1. The van der Waals surface area contributed by atoms with Crippen LogP contribution in [0.1, 0.15) is 35.6 Å². The van der Waals surface area contributed by atoms with Gasteiger partial charge in [0.25, 0.3) is 0 Å². The number of hydrogen-bond donors (Lipinski definition) is 2. The summed E-state index contributed by atoms with van der Waals surface area (Å²) in [6, 6.07) is 17.9. The van der Waals surface area contributed by atoms with E-state index < -0.39 is 12.0 Å². The minimum Gasteiger partial charge on any atom is -0.480 e. The molecule has 4 heteroatoms. The predicted octanol–water partition coefficient (Wildman–Crippen LogP) is 3.08. The van der Waals surface area contributed by atoms with Crippen LogP contribution in [-0.4, -0.2) is 17.6 Å². The molecule has 0 bridgehead atoms. The fourth-order valence-electron chi connectivity index (χ4n) is 2.29. The fraction of sp³-hybridized carbons (Fsp3) is 0.222. The lowest BCUT2D eigenvalue weighted by atomic mass is 9.99. The molecule has 0 aliphatic heterocycles. The summed E-state index contributed by atoms with van der Waals surface area (Å²) < 4.78 is 0. The van der Waals surface area contributed by atoms with Crippen LogP contribution in [-0.2, 0) is 4.79 Å². The molecular formula is C18H18N2O2. The van der Waals surface area contributed by atoms with Crippen molar-refractivity contribution in [3.8, 4) is 6.07 Å². The Bertz CT molecular complexity index is 660. The Morgan fingerprint density at radius 1 is 1.14 bits per heavy atom. The van der Waals surface area contributed by atoms with E-state index in [9.17, 15) is 9.90 Å². The van der Waals surface area contributed by atoms with Gasteiger partial charge in [-0.25, -0.2) is 0 Å². The molecule has 0 saturated carbocycles. The van der Waals surface area contributed by atoms with E-state index in [1.165, 1.54) is 0 Å². The fourth-order valence-corrected chi connectivity index (χ4v) is 2.29. The summed E-state index contributed by atoms with van der Waals surface area (Å²) in [7, 11) is 0. The highest BCUT2D eigenvalue weighted by Crippen LogP contribution is 2.18. The van der Waals surface area contributed by atoms with E-state index in [-0.39, 0.29) is 5.92 Å². The van der Waals surface area contributed by atoms with Crippen LogP contribution in [0, 0.1) is 11.3 Å². The van der Waals surface area contributed by atoms with E-state index in [1.807, 2.05) is 37.3 Å². The number of aliphatic carboxylic acids is 1. The monoisotopic (exact) mass is 294 g/mol. The molecule has 0 spiro atoms. The van der Waals surface area contributed by atoms with Gasteiger partial charge in [-0.3, -0.25) is 4.79 Å². The van der Waals surface area contributed by atoms with E-state index in [1.54, 1.807) is 24.3 Å². The Hall–Kier alpha value is -2.64. The number of carbonyl (C=O) groups is 1. The zero-order chi connectivity index (χ0) is 15.9. The van der Waals surface area contributed by atoms with E-state index in [4.69, 9.17) is 5.26 Å². The molecule has 2 N–H and O–H groups in total. The molecule has 0 amide bonds. The molecule has 0 saturated heterocycles. The Labute approximate surface area is 130 Å². The number of benzene rings is 2. The van der Waals surface area contributed by atoms with Crippen LogP contribution in [0.15, 0.2) is 54.6 Å². The van der Waals surface area contributed by atoms with Gasteiger partial charge in [0.05, 0.1) is 11.6 Å². The van der Waals surface area contributed by atoms with Crippen LogP contribution < -0.4 is 5.32 Å². The number of hydrogen-bond acceptors (Lipinski definition) is 3. The first-order chi connectivity index (χ1) is 10.6. The Kier molecular flexibility index (Phi) is 5.29. The maximum atomic E-state index is 11.4. The first-order valence-electron chi connectivity index (χ1n) is 7.13. The molecule has 0 heterocycles. The number of carboxylic acids is 1. The standard InChI is InChI=1S/C18H18N2O2/c1-13(15-9-7-14(11-19)8-10-15)12-20-17(18(21)22)16-5-3-2-4-6-16/h2-10,13,17,20H,12H2,1H3,(H,21,22)/t13-,17+/m1/s1. The highest BCUT2D eigenvalue weighted by atomic mass is 16.4. The van der Waals surface area contributed by atoms with Gasteiger partial charge in [0.15, 0.2) is 0 Å². The largest absolute Gasteiger partial charge is 0.480 e. The van der Waals surface area contributed by atoms with Crippen molar-refractivity contribution in [2.75, 3.05) is 6.54 Å². The quantitative estimate of drug-likeness (QED) is 0.858. The van der Waals surface area contributed by atoms with Gasteiger partial charge in [0.2, 0.25) is 0 Å². The minimum atomic E-state index is -0.891. The van der Waals surface area contributed by atoms with Crippen LogP contribution in [0.2, 0.25) is 0 Å². The highest BCUT2D eigenvalue weighted by Gasteiger charge is 2.19. The molecule has 0 unspecified atom stereocenters. The summed E-state index contributed by atoms with van der Waals surface area (Å²) in [5.74, 6) is -0.739. The van der Waals surface area contributed by atoms with Crippen molar-refractivity contribution in [3.05, 3.63) is 71.3 Å². The van der Waals surface area contributed by atoms with Gasteiger partial charge in [-0.15, -0.1) is 0 Å². The second-order valence-corrected chi connectivity index (χ2v) is 5.23. The average Bonchev–Trinajstić information content (AvgIpc) is 2.55. The van der Waals surface area contributed by atoms with Crippen molar-refractivity contribution < 1.29 is 9.90 Å². The van der Waals surface area contributed by atoms with Crippen molar-refractivity contribution in [2.24, 2.45) is 0 Å². The number of rotatable bonds is 6. The summed E-state index contributed by atoms with van der Waals surface area (Å²) in [5.41, 5.74) is 2.43. The summed E-state index contributed by atoms with van der Waals surface area (Å²) in [5, 5.41) is 21.3. The third kappa shape index (κ3) is 3.94. The molecule has 2 aromatic rings. The minimum absolute atomic E-state index is 0.151. The molecular weight excluding hydrogens is 276 g/mol. The first kappa shape index (κ1) is 15.7. The second kappa shape index (κ2) is 7.39. The topological polar surface area (TPSA) is 73.1 Å². The SMILES string of the molecule is C[C@H](CN[C@H](C(=O)O)c1ccccc1)c1ccc(C#N)cc1. The van der Waals surface area contributed by atoms with Crippen molar-refractivity contribution in [1.29, 1.82) is 5.26 Å². The smallest absolute Gasteiger partial charge is 0.325 e. The number of nitrogens with one attached hydrogen (secondary N) is 1. The summed E-state index contributed by atoms with van der Waals surface area (Å²) in [4.78, 5) is 11.4. The van der Waals surface area contributed by atoms with Gasteiger partial charge in [0, 0.05) is 6.54 Å². The van der Waals surface area contributed by atoms with Crippen molar-refractivity contribution in [1.82, 2.24) is 5.32 Å². The second-order valence-electron chi connectivity index (χ2n) is 5.23. The summed E-state index contributed by atoms with van der Waals surface area (Å²) in [6.45, 7) is 2.57. The lowest BCUT2D eigenvalue weighted by Crippen LogP contribution is -2.31. The van der Waals surface area contributed by atoms with Crippen molar-refractivity contribution >= 4 is 5.97 Å². The van der Waals surface area contributed by atoms with E-state index in [2.05, 4.69) is 11.4 Å². The highest BCUT2D eigenvalue weighted by molar-refractivity contribution is 5.75. The Morgan fingerprint density at radius 3 is 2.32 bits per heavy atom. The zero-order valence-electron chi connectivity index (χ0n) is 12.4. The van der Waals surface area contributed by atoms with Gasteiger partial charge in [-0.1, -0.05) is 49.4 Å². The molecule has 0 fully saturated rings. The van der Waals surface area contributed by atoms with Gasteiger partial charge < -0.3 is 10.4 Å². The molecule has 0 aromatic heterocycles. The molecule has 0 aliphatic carbocycles. The van der Waals surface area contributed by atoms with E-state index in [0.29, 0.717) is 12.1 Å². The van der Waals surface area contributed by atoms with Crippen LogP contribution in [0.25, 0.3) is 0 Å². The van der Waals surface area contributed by atoms with E-state index in [0.717, 1.165) is 11.1 Å². The molecule has 4 nitrogen and oxygen atoms in total. The Balaban J connectivity index is 2.03. The lowest BCUT2D eigenvalue weighted by molar-refractivity contribution is -0.139. The van der Waals surface area contributed by atoms with Gasteiger partial charge >= 0.3 is 5.97 Å². The average molecular weight is 294 g/mol. The van der Waals surface area contributed by atoms with E-state index >= 15 is 0 Å². The lowest BCUT2D eigenvalue weighted by Gasteiger charge is -2.18. The zero-order valence-corrected chi connectivity index (χ0v) is 12.4. The molecule has 2 aromatic carbocycles. The maximum absolute atomic E-state index is 11.4. The summed E-state index contributed by atoms with van der Waals surface area (Å²) >= 11 is 0. The van der Waals surface area contributed by atoms with Crippen molar-refractivity contribution in [2.45, 2.75) is 18.9 Å². The summed E-state index contributed by atoms with van der Waals surface area (Å²) in [6.07, 6.45) is 0. The normalized spacial score (nSPS) is 13.1. The molecule has 2 rings (SSSR count). The first-order valence-corrected chi connectivity index (χ1v) is 7.13. The van der Waals surface area contributed by atoms with Crippen LogP contribution in [0.4, 0.5) is 0 Å². The molecule has 22 heavy (non-hydrogen) atoms. The van der Waals surface area contributed by atoms with Crippen LogP contribution >= 0.6 is 0 Å². The Morgan fingerprint density at radius 2 is 1.77 bits per heavy atom. The van der Waals surface area contributed by atoms with Crippen LogP contribution in [0.5, 0.6) is 0 Å². The molecule has 2 atom stereocenters. The number of nitrogens with zero attached hydrogens (tertiary/aromatic N) is 1. The third-order valence-electron chi connectivity index (χ3n) is 3.62. The van der Waals surface area contributed by atoms with Gasteiger partial charge in [-0.2, -0.15) is 5.26 Å². The molecule has 0 radical (unpaired) electrons. The third-order valence-corrected chi connectivity index (χ3v) is 3.62. The molecule has 112 valence electrons. The predicted molar refractivity (Wildman–Crippen MR) is 84.4 cm³/mol. The van der Waals surface area contributed by atoms with Gasteiger partial charge in [-0.05, 0) is 29.2 Å². The molecule has 0 aliphatic rings. The van der Waals surface area contributed by atoms with Crippen LogP contribution in [0.3, 0.4) is 0 Å². The number of carboxylic acid groups (broad SMARTS) is 1. The van der Waals surface area contributed by atoms with Gasteiger partial charge in [0.1, 0.15) is 6.04 Å².